The second-order valence-corrected chi connectivity index (χ2v) is 8.19. The van der Waals surface area contributed by atoms with Crippen LogP contribution in [0.5, 0.6) is 0 Å². The molecule has 2 amide bonds. The molecule has 3 N–H and O–H groups in total. The molecule has 2 atom stereocenters. The van der Waals surface area contributed by atoms with Crippen molar-refractivity contribution in [1.82, 2.24) is 15.6 Å². The van der Waals surface area contributed by atoms with Gasteiger partial charge in [-0.25, -0.2) is 4.79 Å². The van der Waals surface area contributed by atoms with E-state index >= 15 is 0 Å². The molecule has 0 radical (unpaired) electrons. The number of nitrogens with one attached hydrogen (secondary N) is 2. The molecule has 10 heteroatoms. The monoisotopic (exact) mass is 448 g/mol. The average molecular weight is 448 g/mol. The SMILES string of the molecule is O=C(O)NC(C(=O)NC1CCN(c2cncc(C(F)(F)F)c2)C1)c1ccc(C2CC2)cc1. The number of pyridine rings is 1. The lowest BCUT2D eigenvalue weighted by Gasteiger charge is -2.22. The minimum atomic E-state index is -4.48. The zero-order valence-corrected chi connectivity index (χ0v) is 17.1. The summed E-state index contributed by atoms with van der Waals surface area (Å²) in [6.45, 7) is 0.746. The first-order valence-corrected chi connectivity index (χ1v) is 10.4. The Hall–Kier alpha value is -3.30. The van der Waals surface area contributed by atoms with Gasteiger partial charge in [-0.15, -0.1) is 0 Å². The zero-order valence-electron chi connectivity index (χ0n) is 17.1. The molecule has 32 heavy (non-hydrogen) atoms. The molecule has 4 rings (SSSR count). The number of amides is 2. The number of halogens is 3. The lowest BCUT2D eigenvalue weighted by atomic mass is 10.0. The molecule has 1 aliphatic heterocycles. The first kappa shape index (κ1) is 21.9. The molecule has 2 heterocycles. The summed E-state index contributed by atoms with van der Waals surface area (Å²) in [6, 6.07) is 6.95. The number of aromatic nitrogens is 1. The van der Waals surface area contributed by atoms with Crippen molar-refractivity contribution < 1.29 is 27.9 Å². The quantitative estimate of drug-likeness (QED) is 0.627. The number of carbonyl (C=O) groups is 2. The fourth-order valence-electron chi connectivity index (χ4n) is 3.95. The molecule has 0 bridgehead atoms. The Balaban J connectivity index is 1.42. The van der Waals surface area contributed by atoms with E-state index < -0.39 is 29.8 Å². The van der Waals surface area contributed by atoms with Crippen LogP contribution in [0.2, 0.25) is 0 Å². The first-order chi connectivity index (χ1) is 15.2. The minimum absolute atomic E-state index is 0.301. The van der Waals surface area contributed by atoms with Crippen LogP contribution >= 0.6 is 0 Å². The van der Waals surface area contributed by atoms with E-state index in [0.717, 1.165) is 25.1 Å². The molecule has 1 saturated carbocycles. The van der Waals surface area contributed by atoms with Gasteiger partial charge in [0, 0.05) is 25.3 Å². The number of benzene rings is 1. The predicted octanol–water partition coefficient (Wildman–Crippen LogP) is 3.68. The Kier molecular flexibility index (Phi) is 5.94. The smallest absolute Gasteiger partial charge is 0.417 e. The highest BCUT2D eigenvalue weighted by Gasteiger charge is 2.33. The van der Waals surface area contributed by atoms with E-state index in [0.29, 0.717) is 36.7 Å². The van der Waals surface area contributed by atoms with Crippen molar-refractivity contribution in [3.8, 4) is 0 Å². The summed E-state index contributed by atoms with van der Waals surface area (Å²) in [5.41, 5.74) is 1.20. The molecule has 1 aromatic heterocycles. The van der Waals surface area contributed by atoms with Crippen LogP contribution in [0.25, 0.3) is 0 Å². The Morgan fingerprint density at radius 1 is 1.12 bits per heavy atom. The Bertz CT molecular complexity index is 993. The molecule has 1 saturated heterocycles. The largest absolute Gasteiger partial charge is 0.465 e. The summed E-state index contributed by atoms with van der Waals surface area (Å²) >= 11 is 0. The fourth-order valence-corrected chi connectivity index (χ4v) is 3.95. The standard InChI is InChI=1S/C22H23F3N4O3/c23-22(24,25)16-9-18(11-26-10-16)29-8-7-17(12-29)27-20(30)19(28-21(31)32)15-5-3-14(4-6-15)13-1-2-13/h3-6,9-11,13,17,19,28H,1-2,7-8,12H2,(H,27,30)(H,31,32). The van der Waals surface area contributed by atoms with E-state index in [2.05, 4.69) is 15.6 Å². The Morgan fingerprint density at radius 3 is 2.47 bits per heavy atom. The van der Waals surface area contributed by atoms with Crippen LogP contribution < -0.4 is 15.5 Å². The second kappa shape index (κ2) is 8.68. The summed E-state index contributed by atoms with van der Waals surface area (Å²) in [6.07, 6.45) is -0.888. The van der Waals surface area contributed by atoms with Gasteiger partial charge in [0.15, 0.2) is 0 Å². The molecule has 2 unspecified atom stereocenters. The molecule has 0 spiro atoms. The van der Waals surface area contributed by atoms with Crippen molar-refractivity contribution in [2.24, 2.45) is 0 Å². The number of rotatable bonds is 6. The maximum atomic E-state index is 13.0. The molecule has 2 aliphatic rings. The summed E-state index contributed by atoms with van der Waals surface area (Å²) in [7, 11) is 0. The third-order valence-electron chi connectivity index (χ3n) is 5.80. The second-order valence-electron chi connectivity index (χ2n) is 8.19. The van der Waals surface area contributed by atoms with Gasteiger partial charge in [0.25, 0.3) is 0 Å². The summed E-state index contributed by atoms with van der Waals surface area (Å²) in [4.78, 5) is 29.5. The highest BCUT2D eigenvalue weighted by molar-refractivity contribution is 5.86. The average Bonchev–Trinajstić information content (AvgIpc) is 3.50. The maximum Gasteiger partial charge on any atom is 0.417 e. The van der Waals surface area contributed by atoms with Crippen LogP contribution in [-0.2, 0) is 11.0 Å². The van der Waals surface area contributed by atoms with Crippen LogP contribution in [0.4, 0.5) is 23.7 Å². The highest BCUT2D eigenvalue weighted by atomic mass is 19.4. The summed E-state index contributed by atoms with van der Waals surface area (Å²) in [5.74, 6) is 0.0409. The number of carbonyl (C=O) groups excluding carboxylic acids is 1. The van der Waals surface area contributed by atoms with Crippen LogP contribution in [-0.4, -0.2) is 41.2 Å². The van der Waals surface area contributed by atoms with E-state index in [1.165, 1.54) is 11.8 Å². The van der Waals surface area contributed by atoms with Gasteiger partial charge in [0.1, 0.15) is 6.04 Å². The molecule has 7 nitrogen and oxygen atoms in total. The van der Waals surface area contributed by atoms with Crippen molar-refractivity contribution in [1.29, 1.82) is 0 Å². The molecule has 170 valence electrons. The lowest BCUT2D eigenvalue weighted by molar-refractivity contribution is -0.137. The van der Waals surface area contributed by atoms with Gasteiger partial charge in [0.2, 0.25) is 5.91 Å². The van der Waals surface area contributed by atoms with Crippen molar-refractivity contribution in [3.63, 3.8) is 0 Å². The molecule has 1 aromatic carbocycles. The summed E-state index contributed by atoms with van der Waals surface area (Å²) < 4.78 is 38.9. The van der Waals surface area contributed by atoms with Gasteiger partial charge < -0.3 is 20.6 Å². The van der Waals surface area contributed by atoms with Crippen LogP contribution in [0.1, 0.15) is 47.9 Å². The Morgan fingerprint density at radius 2 is 1.84 bits per heavy atom. The van der Waals surface area contributed by atoms with E-state index in [1.54, 1.807) is 17.0 Å². The number of hydrogen-bond acceptors (Lipinski definition) is 4. The van der Waals surface area contributed by atoms with Gasteiger partial charge >= 0.3 is 12.3 Å². The van der Waals surface area contributed by atoms with Crippen LogP contribution in [0.15, 0.2) is 42.7 Å². The minimum Gasteiger partial charge on any atom is -0.465 e. The van der Waals surface area contributed by atoms with Gasteiger partial charge in [-0.2, -0.15) is 13.2 Å². The lowest BCUT2D eigenvalue weighted by Crippen LogP contribution is -2.45. The molecule has 1 aliphatic carbocycles. The molecule has 2 fully saturated rings. The highest BCUT2D eigenvalue weighted by Crippen LogP contribution is 2.40. The molecule has 2 aromatic rings. The van der Waals surface area contributed by atoms with Gasteiger partial charge in [-0.1, -0.05) is 24.3 Å². The van der Waals surface area contributed by atoms with Crippen molar-refractivity contribution in [3.05, 3.63) is 59.4 Å². The first-order valence-electron chi connectivity index (χ1n) is 10.4. The third kappa shape index (κ3) is 5.12. The number of hydrogen-bond donors (Lipinski definition) is 3. The van der Waals surface area contributed by atoms with E-state index in [4.69, 9.17) is 0 Å². The van der Waals surface area contributed by atoms with E-state index in [-0.39, 0.29) is 6.04 Å². The summed E-state index contributed by atoms with van der Waals surface area (Å²) in [5, 5.41) is 14.3. The fraction of sp³-hybridized carbons (Fsp3) is 0.409. The van der Waals surface area contributed by atoms with E-state index in [1.807, 2.05) is 12.1 Å². The van der Waals surface area contributed by atoms with Crippen molar-refractivity contribution in [2.45, 2.75) is 43.4 Å². The topological polar surface area (TPSA) is 94.6 Å². The maximum absolute atomic E-state index is 13.0. The van der Waals surface area contributed by atoms with Crippen LogP contribution in [0.3, 0.4) is 0 Å². The number of nitrogens with zero attached hydrogens (tertiary/aromatic N) is 2. The van der Waals surface area contributed by atoms with E-state index in [9.17, 15) is 27.9 Å². The zero-order chi connectivity index (χ0) is 22.9. The van der Waals surface area contributed by atoms with Gasteiger partial charge in [-0.3, -0.25) is 9.78 Å². The Labute approximate surface area is 182 Å². The molecular formula is C22H23F3N4O3. The van der Waals surface area contributed by atoms with Crippen molar-refractivity contribution in [2.75, 3.05) is 18.0 Å². The number of anilines is 1. The van der Waals surface area contributed by atoms with Crippen molar-refractivity contribution >= 4 is 17.7 Å². The van der Waals surface area contributed by atoms with Crippen LogP contribution in [0, 0.1) is 0 Å². The van der Waals surface area contributed by atoms with Gasteiger partial charge in [0.05, 0.1) is 17.4 Å². The van der Waals surface area contributed by atoms with Gasteiger partial charge in [-0.05, 0) is 42.4 Å². The number of carboxylic acid groups (broad SMARTS) is 1. The number of alkyl halides is 3. The third-order valence-corrected chi connectivity index (χ3v) is 5.80. The normalized spacial score (nSPS) is 19.5. The molecular weight excluding hydrogens is 425 g/mol. The predicted molar refractivity (Wildman–Crippen MR) is 110 cm³/mol.